The minimum Gasteiger partial charge on any atom is -0.391 e. The van der Waals surface area contributed by atoms with E-state index in [9.17, 15) is 9.90 Å². The fraction of sp³-hybridized carbons (Fsp3) is 0.444. The first kappa shape index (κ1) is 17.2. The predicted octanol–water partition coefficient (Wildman–Crippen LogP) is 2.44. The van der Waals surface area contributed by atoms with Crippen molar-refractivity contribution in [1.82, 2.24) is 15.1 Å². The van der Waals surface area contributed by atoms with Gasteiger partial charge in [-0.05, 0) is 44.0 Å². The molecule has 1 atom stereocenters. The van der Waals surface area contributed by atoms with Crippen LogP contribution in [0.15, 0.2) is 30.3 Å². The van der Waals surface area contributed by atoms with Crippen LogP contribution in [0, 0.1) is 13.8 Å². The van der Waals surface area contributed by atoms with Gasteiger partial charge in [-0.15, -0.1) is 0 Å². The lowest BCUT2D eigenvalue weighted by molar-refractivity contribution is 0.0910. The van der Waals surface area contributed by atoms with E-state index in [1.807, 2.05) is 49.7 Å². The largest absolute Gasteiger partial charge is 0.391 e. The van der Waals surface area contributed by atoms with E-state index >= 15 is 0 Å². The number of carbonyl (C=O) groups is 1. The Balaban J connectivity index is 2.01. The SMILES string of the molecule is CCCC(O)CNC(=O)c1cccc(Cn2nc(C)cc2C)c1. The Morgan fingerprint density at radius 3 is 2.78 bits per heavy atom. The maximum absolute atomic E-state index is 12.2. The second-order valence-corrected chi connectivity index (χ2v) is 5.94. The van der Waals surface area contributed by atoms with E-state index in [1.165, 1.54) is 0 Å². The first-order valence-electron chi connectivity index (χ1n) is 8.06. The molecule has 2 aromatic rings. The van der Waals surface area contributed by atoms with Crippen LogP contribution in [0.2, 0.25) is 0 Å². The molecule has 0 bridgehead atoms. The van der Waals surface area contributed by atoms with Crippen LogP contribution >= 0.6 is 0 Å². The lowest BCUT2D eigenvalue weighted by atomic mass is 10.1. The summed E-state index contributed by atoms with van der Waals surface area (Å²) in [5, 5.41) is 16.9. The number of benzene rings is 1. The van der Waals surface area contributed by atoms with E-state index in [1.54, 1.807) is 6.07 Å². The molecule has 0 aliphatic heterocycles. The van der Waals surface area contributed by atoms with Crippen molar-refractivity contribution in [3.8, 4) is 0 Å². The minimum absolute atomic E-state index is 0.157. The molecule has 0 aliphatic rings. The molecule has 2 rings (SSSR count). The molecule has 1 aromatic carbocycles. The Bertz CT molecular complexity index is 664. The quantitative estimate of drug-likeness (QED) is 0.824. The summed E-state index contributed by atoms with van der Waals surface area (Å²) in [5.41, 5.74) is 3.71. The highest BCUT2D eigenvalue weighted by molar-refractivity contribution is 5.94. The number of nitrogens with one attached hydrogen (secondary N) is 1. The smallest absolute Gasteiger partial charge is 0.251 e. The number of carbonyl (C=O) groups excluding carboxylic acids is 1. The van der Waals surface area contributed by atoms with Gasteiger partial charge in [-0.3, -0.25) is 9.48 Å². The van der Waals surface area contributed by atoms with Crippen molar-refractivity contribution >= 4 is 5.91 Å². The van der Waals surface area contributed by atoms with E-state index in [0.29, 0.717) is 18.5 Å². The summed E-state index contributed by atoms with van der Waals surface area (Å²) in [5.74, 6) is -0.157. The highest BCUT2D eigenvalue weighted by atomic mass is 16.3. The van der Waals surface area contributed by atoms with Gasteiger partial charge in [-0.1, -0.05) is 25.5 Å². The zero-order valence-electron chi connectivity index (χ0n) is 14.0. The summed E-state index contributed by atoms with van der Waals surface area (Å²) in [6.45, 7) is 6.92. The number of aromatic nitrogens is 2. The van der Waals surface area contributed by atoms with Gasteiger partial charge < -0.3 is 10.4 Å². The van der Waals surface area contributed by atoms with Crippen LogP contribution in [-0.4, -0.2) is 33.4 Å². The highest BCUT2D eigenvalue weighted by Crippen LogP contribution is 2.10. The Morgan fingerprint density at radius 1 is 1.35 bits per heavy atom. The van der Waals surface area contributed by atoms with Gasteiger partial charge in [-0.25, -0.2) is 0 Å². The Labute approximate surface area is 137 Å². The normalized spacial score (nSPS) is 12.2. The molecule has 0 fully saturated rings. The maximum Gasteiger partial charge on any atom is 0.251 e. The van der Waals surface area contributed by atoms with Crippen LogP contribution in [0.1, 0.15) is 47.1 Å². The number of amides is 1. The Hall–Kier alpha value is -2.14. The number of aliphatic hydroxyl groups excluding tert-OH is 1. The summed E-state index contributed by atoms with van der Waals surface area (Å²) in [7, 11) is 0. The van der Waals surface area contributed by atoms with E-state index in [0.717, 1.165) is 23.4 Å². The van der Waals surface area contributed by atoms with Crippen molar-refractivity contribution in [2.24, 2.45) is 0 Å². The number of rotatable bonds is 7. The Kier molecular flexibility index (Phi) is 5.93. The minimum atomic E-state index is -0.484. The third-order valence-electron chi connectivity index (χ3n) is 3.75. The first-order chi connectivity index (χ1) is 11.0. The van der Waals surface area contributed by atoms with Crippen molar-refractivity contribution in [2.75, 3.05) is 6.54 Å². The molecule has 0 spiro atoms. The molecule has 1 amide bonds. The predicted molar refractivity (Wildman–Crippen MR) is 90.5 cm³/mol. The lowest BCUT2D eigenvalue weighted by Crippen LogP contribution is -2.32. The summed E-state index contributed by atoms with van der Waals surface area (Å²) in [6.07, 6.45) is 1.11. The zero-order chi connectivity index (χ0) is 16.8. The van der Waals surface area contributed by atoms with Crippen LogP contribution < -0.4 is 5.32 Å². The fourth-order valence-corrected chi connectivity index (χ4v) is 2.57. The van der Waals surface area contributed by atoms with Crippen LogP contribution in [0.25, 0.3) is 0 Å². The average Bonchev–Trinajstić information content (AvgIpc) is 2.83. The third-order valence-corrected chi connectivity index (χ3v) is 3.75. The van der Waals surface area contributed by atoms with Crippen LogP contribution in [0.3, 0.4) is 0 Å². The topological polar surface area (TPSA) is 67.2 Å². The molecule has 0 saturated heterocycles. The lowest BCUT2D eigenvalue weighted by Gasteiger charge is -2.11. The van der Waals surface area contributed by atoms with E-state index in [4.69, 9.17) is 0 Å². The van der Waals surface area contributed by atoms with Crippen molar-refractivity contribution in [3.05, 3.63) is 52.8 Å². The molecule has 1 unspecified atom stereocenters. The van der Waals surface area contributed by atoms with Gasteiger partial charge in [0.05, 0.1) is 18.3 Å². The molecule has 0 saturated carbocycles. The second kappa shape index (κ2) is 7.92. The number of nitrogens with zero attached hydrogens (tertiary/aromatic N) is 2. The summed E-state index contributed by atoms with van der Waals surface area (Å²) >= 11 is 0. The standard InChI is InChI=1S/C18H25N3O2/c1-4-6-17(22)11-19-18(23)16-8-5-7-15(10-16)12-21-14(3)9-13(2)20-21/h5,7-10,17,22H,4,6,11-12H2,1-3H3,(H,19,23). The first-order valence-corrected chi connectivity index (χ1v) is 8.06. The summed E-state index contributed by atoms with van der Waals surface area (Å²) in [4.78, 5) is 12.2. The van der Waals surface area contributed by atoms with Crippen molar-refractivity contribution < 1.29 is 9.90 Å². The summed E-state index contributed by atoms with van der Waals surface area (Å²) < 4.78 is 1.93. The van der Waals surface area contributed by atoms with Crippen LogP contribution in [0.4, 0.5) is 0 Å². The number of aliphatic hydroxyl groups is 1. The van der Waals surface area contributed by atoms with E-state index in [-0.39, 0.29) is 12.5 Å². The van der Waals surface area contributed by atoms with Gasteiger partial charge in [0.2, 0.25) is 0 Å². The monoisotopic (exact) mass is 315 g/mol. The van der Waals surface area contributed by atoms with E-state index < -0.39 is 6.10 Å². The number of aryl methyl sites for hydroxylation is 2. The van der Waals surface area contributed by atoms with Gasteiger partial charge in [0.1, 0.15) is 0 Å². The molecule has 5 heteroatoms. The van der Waals surface area contributed by atoms with Crippen molar-refractivity contribution in [2.45, 2.75) is 46.3 Å². The third kappa shape index (κ3) is 4.93. The van der Waals surface area contributed by atoms with Crippen molar-refractivity contribution in [3.63, 3.8) is 0 Å². The van der Waals surface area contributed by atoms with Crippen LogP contribution in [-0.2, 0) is 6.54 Å². The Morgan fingerprint density at radius 2 is 2.13 bits per heavy atom. The fourth-order valence-electron chi connectivity index (χ4n) is 2.57. The molecular formula is C18H25N3O2. The molecule has 124 valence electrons. The van der Waals surface area contributed by atoms with Gasteiger partial charge >= 0.3 is 0 Å². The molecule has 1 heterocycles. The second-order valence-electron chi connectivity index (χ2n) is 5.94. The molecule has 0 radical (unpaired) electrons. The molecule has 2 N–H and O–H groups in total. The highest BCUT2D eigenvalue weighted by Gasteiger charge is 2.10. The molecule has 0 aliphatic carbocycles. The van der Waals surface area contributed by atoms with Gasteiger partial charge in [0.25, 0.3) is 5.91 Å². The number of hydrogen-bond acceptors (Lipinski definition) is 3. The molecule has 5 nitrogen and oxygen atoms in total. The van der Waals surface area contributed by atoms with E-state index in [2.05, 4.69) is 10.4 Å². The van der Waals surface area contributed by atoms with Gasteiger partial charge in [0.15, 0.2) is 0 Å². The number of hydrogen-bond donors (Lipinski definition) is 2. The average molecular weight is 315 g/mol. The van der Waals surface area contributed by atoms with Gasteiger partial charge in [0, 0.05) is 17.8 Å². The van der Waals surface area contributed by atoms with Crippen LogP contribution in [0.5, 0.6) is 0 Å². The maximum atomic E-state index is 12.2. The molecule has 23 heavy (non-hydrogen) atoms. The van der Waals surface area contributed by atoms with Gasteiger partial charge in [-0.2, -0.15) is 5.10 Å². The summed E-state index contributed by atoms with van der Waals surface area (Å²) in [6, 6.07) is 9.55. The zero-order valence-corrected chi connectivity index (χ0v) is 14.0. The molecular weight excluding hydrogens is 290 g/mol. The van der Waals surface area contributed by atoms with Crippen molar-refractivity contribution in [1.29, 1.82) is 0 Å². The molecule has 1 aromatic heterocycles.